The molecule has 0 bridgehead atoms. The first kappa shape index (κ1) is 15.1. The highest BCUT2D eigenvalue weighted by Crippen LogP contribution is 2.27. The maximum absolute atomic E-state index is 13.4. The third kappa shape index (κ3) is 3.62. The summed E-state index contributed by atoms with van der Waals surface area (Å²) in [5.74, 6) is 0.840. The number of halogens is 3. The Balaban J connectivity index is 2.32. The van der Waals surface area contributed by atoms with Gasteiger partial charge in [0.15, 0.2) is 0 Å². The number of alkyl halides is 1. The Morgan fingerprint density at radius 2 is 2.00 bits per heavy atom. The monoisotopic (exact) mass is 313 g/mol. The Morgan fingerprint density at radius 1 is 1.25 bits per heavy atom. The zero-order valence-corrected chi connectivity index (χ0v) is 12.7. The van der Waals surface area contributed by atoms with Crippen LogP contribution >= 0.6 is 23.2 Å². The summed E-state index contributed by atoms with van der Waals surface area (Å²) in [4.78, 5) is 4.39. The topological polar surface area (TPSA) is 22.1 Å². The van der Waals surface area contributed by atoms with Crippen LogP contribution in [0.25, 0.3) is 0 Å². The molecule has 2 rings (SSSR count). The van der Waals surface area contributed by atoms with Gasteiger partial charge in [-0.3, -0.25) is 0 Å². The summed E-state index contributed by atoms with van der Waals surface area (Å²) in [6.07, 6.45) is 0. The van der Waals surface area contributed by atoms with Gasteiger partial charge in [0.1, 0.15) is 11.6 Å². The summed E-state index contributed by atoms with van der Waals surface area (Å²) >= 11 is 11.5. The van der Waals surface area contributed by atoms with Crippen molar-refractivity contribution in [2.24, 2.45) is 0 Å². The quantitative estimate of drug-likeness (QED) is 0.692. The van der Waals surface area contributed by atoms with Crippen molar-refractivity contribution in [3.8, 4) is 11.6 Å². The first-order valence-electron chi connectivity index (χ1n) is 6.19. The molecule has 1 aromatic carbocycles. The highest BCUT2D eigenvalue weighted by atomic mass is 35.5. The van der Waals surface area contributed by atoms with Crippen LogP contribution in [0.5, 0.6) is 11.6 Å². The van der Waals surface area contributed by atoms with Crippen LogP contribution in [0.3, 0.4) is 0 Å². The van der Waals surface area contributed by atoms with Crippen molar-refractivity contribution in [3.63, 3.8) is 0 Å². The number of rotatable bonds is 4. The number of aromatic nitrogens is 1. The lowest BCUT2D eigenvalue weighted by molar-refractivity contribution is 0.454. The van der Waals surface area contributed by atoms with E-state index in [1.54, 1.807) is 12.1 Å². The Bertz CT molecular complexity index is 617. The van der Waals surface area contributed by atoms with E-state index in [0.717, 1.165) is 11.3 Å². The van der Waals surface area contributed by atoms with Crippen LogP contribution in [0, 0.1) is 5.82 Å². The SMILES string of the molecule is CC(C)c1cc(CCl)cc(Oc2ccc(Cl)c(F)c2)n1. The molecule has 1 heterocycles. The van der Waals surface area contributed by atoms with E-state index in [0.29, 0.717) is 17.5 Å². The lowest BCUT2D eigenvalue weighted by Crippen LogP contribution is -1.98. The molecule has 1 aromatic heterocycles. The van der Waals surface area contributed by atoms with E-state index in [1.807, 2.05) is 19.9 Å². The van der Waals surface area contributed by atoms with E-state index in [4.69, 9.17) is 27.9 Å². The third-order valence-electron chi connectivity index (χ3n) is 2.74. The van der Waals surface area contributed by atoms with Gasteiger partial charge >= 0.3 is 0 Å². The number of ether oxygens (including phenoxy) is 1. The van der Waals surface area contributed by atoms with Gasteiger partial charge in [0.25, 0.3) is 0 Å². The molecule has 0 saturated carbocycles. The lowest BCUT2D eigenvalue weighted by atomic mass is 10.1. The summed E-state index contributed by atoms with van der Waals surface area (Å²) in [6.45, 7) is 4.07. The molecule has 0 unspecified atom stereocenters. The van der Waals surface area contributed by atoms with Gasteiger partial charge in [-0.15, -0.1) is 11.6 Å². The fourth-order valence-corrected chi connectivity index (χ4v) is 1.94. The number of nitrogens with zero attached hydrogens (tertiary/aromatic N) is 1. The van der Waals surface area contributed by atoms with Gasteiger partial charge in [-0.25, -0.2) is 9.37 Å². The van der Waals surface area contributed by atoms with Crippen molar-refractivity contribution in [3.05, 3.63) is 52.4 Å². The zero-order chi connectivity index (χ0) is 14.7. The van der Waals surface area contributed by atoms with Crippen molar-refractivity contribution in [1.82, 2.24) is 4.98 Å². The number of pyridine rings is 1. The van der Waals surface area contributed by atoms with Gasteiger partial charge in [0.05, 0.1) is 5.02 Å². The van der Waals surface area contributed by atoms with Gasteiger partial charge in [0, 0.05) is 23.7 Å². The highest BCUT2D eigenvalue weighted by Gasteiger charge is 2.09. The van der Waals surface area contributed by atoms with E-state index >= 15 is 0 Å². The third-order valence-corrected chi connectivity index (χ3v) is 3.36. The van der Waals surface area contributed by atoms with Crippen LogP contribution in [0.1, 0.15) is 31.0 Å². The molecule has 0 aliphatic heterocycles. The molecular formula is C15H14Cl2FNO. The van der Waals surface area contributed by atoms with Crippen molar-refractivity contribution in [2.45, 2.75) is 25.6 Å². The average molecular weight is 314 g/mol. The molecule has 0 saturated heterocycles. The number of benzene rings is 1. The van der Waals surface area contributed by atoms with E-state index < -0.39 is 5.82 Å². The van der Waals surface area contributed by atoms with E-state index in [-0.39, 0.29) is 10.9 Å². The van der Waals surface area contributed by atoms with E-state index in [1.165, 1.54) is 12.1 Å². The van der Waals surface area contributed by atoms with Crippen LogP contribution in [-0.4, -0.2) is 4.98 Å². The standard InChI is InChI=1S/C15H14Cl2FNO/c1-9(2)14-5-10(8-16)6-15(19-14)20-11-3-4-12(17)13(18)7-11/h3-7,9H,8H2,1-2H3. The van der Waals surface area contributed by atoms with Crippen molar-refractivity contribution < 1.29 is 9.13 Å². The number of hydrogen-bond acceptors (Lipinski definition) is 2. The van der Waals surface area contributed by atoms with Gasteiger partial charge in [-0.1, -0.05) is 25.4 Å². The fourth-order valence-electron chi connectivity index (χ4n) is 1.67. The molecule has 106 valence electrons. The second-order valence-electron chi connectivity index (χ2n) is 4.70. The molecule has 0 spiro atoms. The minimum absolute atomic E-state index is 0.0580. The zero-order valence-electron chi connectivity index (χ0n) is 11.2. The largest absolute Gasteiger partial charge is 0.439 e. The predicted octanol–water partition coefficient (Wildman–Crippen LogP) is 5.53. The molecule has 2 nitrogen and oxygen atoms in total. The molecule has 0 amide bonds. The normalized spacial score (nSPS) is 10.9. The molecule has 0 radical (unpaired) electrons. The van der Waals surface area contributed by atoms with Crippen molar-refractivity contribution in [1.29, 1.82) is 0 Å². The molecule has 0 N–H and O–H groups in total. The molecule has 2 aromatic rings. The molecule has 0 aliphatic carbocycles. The smallest absolute Gasteiger partial charge is 0.219 e. The molecular weight excluding hydrogens is 300 g/mol. The Kier molecular flexibility index (Phi) is 4.84. The van der Waals surface area contributed by atoms with Crippen LogP contribution in [-0.2, 0) is 5.88 Å². The van der Waals surface area contributed by atoms with Crippen LogP contribution in [0.15, 0.2) is 30.3 Å². The van der Waals surface area contributed by atoms with E-state index in [9.17, 15) is 4.39 Å². The summed E-state index contributed by atoms with van der Waals surface area (Å²) in [6, 6.07) is 7.95. The average Bonchev–Trinajstić information content (AvgIpc) is 2.42. The van der Waals surface area contributed by atoms with Gasteiger partial charge in [-0.05, 0) is 29.7 Å². The Labute approximate surface area is 127 Å². The summed E-state index contributed by atoms with van der Waals surface area (Å²) in [7, 11) is 0. The molecule has 5 heteroatoms. The summed E-state index contributed by atoms with van der Waals surface area (Å²) < 4.78 is 19.0. The maximum atomic E-state index is 13.4. The molecule has 0 fully saturated rings. The van der Waals surface area contributed by atoms with E-state index in [2.05, 4.69) is 4.98 Å². The Morgan fingerprint density at radius 3 is 2.60 bits per heavy atom. The van der Waals surface area contributed by atoms with Gasteiger partial charge in [-0.2, -0.15) is 0 Å². The first-order chi connectivity index (χ1) is 9.49. The van der Waals surface area contributed by atoms with Crippen LogP contribution < -0.4 is 4.74 Å². The van der Waals surface area contributed by atoms with Crippen molar-refractivity contribution in [2.75, 3.05) is 0 Å². The second kappa shape index (κ2) is 6.42. The van der Waals surface area contributed by atoms with Crippen molar-refractivity contribution >= 4 is 23.2 Å². The van der Waals surface area contributed by atoms with Gasteiger partial charge < -0.3 is 4.74 Å². The predicted molar refractivity (Wildman–Crippen MR) is 79.4 cm³/mol. The Hall–Kier alpha value is -1.32. The molecule has 20 heavy (non-hydrogen) atoms. The minimum Gasteiger partial charge on any atom is -0.439 e. The highest BCUT2D eigenvalue weighted by molar-refractivity contribution is 6.30. The molecule has 0 aliphatic rings. The fraction of sp³-hybridized carbons (Fsp3) is 0.267. The second-order valence-corrected chi connectivity index (χ2v) is 5.38. The van der Waals surface area contributed by atoms with Gasteiger partial charge in [0.2, 0.25) is 5.88 Å². The van der Waals surface area contributed by atoms with Crippen LogP contribution in [0.4, 0.5) is 4.39 Å². The first-order valence-corrected chi connectivity index (χ1v) is 7.10. The lowest BCUT2D eigenvalue weighted by Gasteiger charge is -2.11. The molecule has 0 atom stereocenters. The summed E-state index contributed by atoms with van der Waals surface area (Å²) in [5, 5.41) is 0.0580. The maximum Gasteiger partial charge on any atom is 0.219 e. The number of hydrogen-bond donors (Lipinski definition) is 0. The minimum atomic E-state index is -0.526. The summed E-state index contributed by atoms with van der Waals surface area (Å²) in [5.41, 5.74) is 1.79. The van der Waals surface area contributed by atoms with Crippen LogP contribution in [0.2, 0.25) is 5.02 Å².